The van der Waals surface area contributed by atoms with Gasteiger partial charge >= 0.3 is 12.1 Å². The van der Waals surface area contributed by atoms with Crippen LogP contribution in [0.3, 0.4) is 0 Å². The van der Waals surface area contributed by atoms with Crippen molar-refractivity contribution in [3.63, 3.8) is 0 Å². The van der Waals surface area contributed by atoms with Crippen molar-refractivity contribution in [3.8, 4) is 0 Å². The van der Waals surface area contributed by atoms with Crippen LogP contribution in [0.15, 0.2) is 54.6 Å². The Hall–Kier alpha value is -3.28. The summed E-state index contributed by atoms with van der Waals surface area (Å²) in [6.45, 7) is 0.107. The van der Waals surface area contributed by atoms with Crippen LogP contribution in [0.2, 0.25) is 0 Å². The van der Waals surface area contributed by atoms with Gasteiger partial charge in [-0.25, -0.2) is 4.79 Å². The maximum atomic E-state index is 12.1. The first-order chi connectivity index (χ1) is 13.6. The van der Waals surface area contributed by atoms with Gasteiger partial charge in [0.2, 0.25) is 0 Å². The third kappa shape index (κ3) is 3.71. The van der Waals surface area contributed by atoms with Crippen LogP contribution in [-0.2, 0) is 40.3 Å². The monoisotopic (exact) mass is 379 g/mol. The van der Waals surface area contributed by atoms with Gasteiger partial charge in [0.15, 0.2) is 0 Å². The molecule has 1 heterocycles. The second kappa shape index (κ2) is 7.76. The topological polar surface area (TPSA) is 77.8 Å². The van der Waals surface area contributed by atoms with E-state index in [9.17, 15) is 14.7 Å². The predicted octanol–water partition coefficient (Wildman–Crippen LogP) is 3.94. The van der Waals surface area contributed by atoms with E-state index in [1.807, 2.05) is 59.2 Å². The summed E-state index contributed by atoms with van der Waals surface area (Å²) in [6.07, 6.45) is 0.909. The molecule has 0 saturated heterocycles. The molecular weight excluding hydrogens is 358 g/mol. The summed E-state index contributed by atoms with van der Waals surface area (Å²) in [6, 6.07) is 17.2. The first kappa shape index (κ1) is 18.1. The second-order valence-corrected chi connectivity index (χ2v) is 6.93. The molecule has 2 aromatic carbocycles. The maximum Gasteiger partial charge on any atom is 0.508 e. The van der Waals surface area contributed by atoms with Crippen LogP contribution in [-0.4, -0.2) is 27.9 Å². The Bertz CT molecular complexity index is 1010. The molecule has 0 fully saturated rings. The smallest absolute Gasteiger partial charge is 0.480 e. The number of nitrogens with zero attached hydrogens (tertiary/aromatic N) is 1. The molecule has 0 saturated carbocycles. The number of rotatable bonds is 5. The fourth-order valence-electron chi connectivity index (χ4n) is 3.87. The first-order valence-corrected chi connectivity index (χ1v) is 9.30. The molecule has 1 aliphatic carbocycles. The van der Waals surface area contributed by atoms with Crippen molar-refractivity contribution in [2.24, 2.45) is 0 Å². The number of carbonyl (C=O) groups is 2. The zero-order chi connectivity index (χ0) is 19.5. The number of carbonyl (C=O) groups excluding carboxylic acids is 1. The average Bonchev–Trinajstić information content (AvgIpc) is 3.00. The van der Waals surface area contributed by atoms with Gasteiger partial charge in [0.25, 0.3) is 0 Å². The van der Waals surface area contributed by atoms with E-state index in [4.69, 9.17) is 9.47 Å². The van der Waals surface area contributed by atoms with E-state index in [-0.39, 0.29) is 19.3 Å². The number of aromatic nitrogens is 1. The Balaban J connectivity index is 1.47. The summed E-state index contributed by atoms with van der Waals surface area (Å²) in [5.74, 6) is -0.869. The predicted molar refractivity (Wildman–Crippen MR) is 103 cm³/mol. The van der Waals surface area contributed by atoms with Crippen molar-refractivity contribution in [3.05, 3.63) is 71.4 Å². The van der Waals surface area contributed by atoms with E-state index in [2.05, 4.69) is 0 Å². The number of hydrogen-bond acceptors (Lipinski definition) is 4. The van der Waals surface area contributed by atoms with Crippen LogP contribution in [0.25, 0.3) is 10.9 Å². The average molecular weight is 379 g/mol. The molecule has 6 nitrogen and oxygen atoms in total. The third-order valence-corrected chi connectivity index (χ3v) is 5.08. The normalized spacial score (nSPS) is 15.8. The van der Waals surface area contributed by atoms with E-state index >= 15 is 0 Å². The quantitative estimate of drug-likeness (QED) is 0.680. The summed E-state index contributed by atoms with van der Waals surface area (Å²) in [7, 11) is 0. The molecule has 1 N–H and O–H groups in total. The summed E-state index contributed by atoms with van der Waals surface area (Å²) in [5, 5.41) is 10.3. The van der Waals surface area contributed by atoms with E-state index in [0.717, 1.165) is 27.7 Å². The fourth-order valence-corrected chi connectivity index (χ4v) is 3.87. The van der Waals surface area contributed by atoms with Crippen molar-refractivity contribution in [2.45, 2.75) is 38.5 Å². The third-order valence-electron chi connectivity index (χ3n) is 5.08. The van der Waals surface area contributed by atoms with Crippen LogP contribution in [0.5, 0.6) is 0 Å². The van der Waals surface area contributed by atoms with Crippen LogP contribution in [0.4, 0.5) is 4.79 Å². The zero-order valence-electron chi connectivity index (χ0n) is 15.3. The van der Waals surface area contributed by atoms with Gasteiger partial charge in [0.05, 0.1) is 0 Å². The number of aliphatic carboxylic acids is 1. The Morgan fingerprint density at radius 3 is 2.61 bits per heavy atom. The molecule has 1 atom stereocenters. The van der Waals surface area contributed by atoms with Gasteiger partial charge in [-0.3, -0.25) is 4.79 Å². The standard InChI is InChI=1S/C22H21NO5/c24-21(25)13-23-19-9-5-4-8-17(19)18-12-16(10-11-20(18)23)28-22(26)27-14-15-6-2-1-3-7-15/h1-9,16H,10-14H2,(H,24,25). The maximum absolute atomic E-state index is 12.1. The summed E-state index contributed by atoms with van der Waals surface area (Å²) >= 11 is 0. The van der Waals surface area contributed by atoms with Gasteiger partial charge in [-0.05, 0) is 30.0 Å². The zero-order valence-corrected chi connectivity index (χ0v) is 15.3. The van der Waals surface area contributed by atoms with E-state index in [1.54, 1.807) is 0 Å². The largest absolute Gasteiger partial charge is 0.508 e. The van der Waals surface area contributed by atoms with Crippen LogP contribution in [0.1, 0.15) is 23.2 Å². The second-order valence-electron chi connectivity index (χ2n) is 6.93. The van der Waals surface area contributed by atoms with Crippen molar-refractivity contribution in [1.29, 1.82) is 0 Å². The van der Waals surface area contributed by atoms with Gasteiger partial charge in [-0.2, -0.15) is 0 Å². The van der Waals surface area contributed by atoms with Crippen LogP contribution in [0, 0.1) is 0 Å². The van der Waals surface area contributed by atoms with Gasteiger partial charge in [0.1, 0.15) is 19.3 Å². The Labute approximate surface area is 162 Å². The van der Waals surface area contributed by atoms with Crippen molar-refractivity contribution >= 4 is 23.0 Å². The molecule has 1 aromatic heterocycles. The SMILES string of the molecule is O=C(O)Cn1c2c(c3ccccc31)CC(OC(=O)OCc1ccccc1)CC2. The lowest BCUT2D eigenvalue weighted by atomic mass is 9.93. The van der Waals surface area contributed by atoms with Crippen molar-refractivity contribution < 1.29 is 24.2 Å². The lowest BCUT2D eigenvalue weighted by Gasteiger charge is -2.23. The molecular formula is C22H21NO5. The molecule has 6 heteroatoms. The van der Waals surface area contributed by atoms with Crippen molar-refractivity contribution in [1.82, 2.24) is 4.57 Å². The highest BCUT2D eigenvalue weighted by Crippen LogP contribution is 2.33. The van der Waals surface area contributed by atoms with E-state index in [0.29, 0.717) is 19.3 Å². The van der Waals surface area contributed by atoms with Gasteiger partial charge in [-0.1, -0.05) is 48.5 Å². The van der Waals surface area contributed by atoms with Crippen LogP contribution < -0.4 is 0 Å². The lowest BCUT2D eigenvalue weighted by Crippen LogP contribution is -2.27. The van der Waals surface area contributed by atoms with Gasteiger partial charge in [-0.15, -0.1) is 0 Å². The summed E-state index contributed by atoms with van der Waals surface area (Å²) < 4.78 is 12.6. The number of ether oxygens (including phenoxy) is 2. The lowest BCUT2D eigenvalue weighted by molar-refractivity contribution is -0.137. The number of para-hydroxylation sites is 1. The Morgan fingerprint density at radius 1 is 1.07 bits per heavy atom. The molecule has 3 aromatic rings. The number of benzene rings is 2. The number of carboxylic acids is 1. The molecule has 0 amide bonds. The molecule has 0 spiro atoms. The number of carboxylic acid groups (broad SMARTS) is 1. The highest BCUT2D eigenvalue weighted by molar-refractivity contribution is 5.87. The minimum absolute atomic E-state index is 0.0690. The summed E-state index contributed by atoms with van der Waals surface area (Å²) in [4.78, 5) is 23.4. The Kier molecular flexibility index (Phi) is 5.02. The minimum atomic E-state index is -0.869. The molecule has 1 unspecified atom stereocenters. The molecule has 28 heavy (non-hydrogen) atoms. The first-order valence-electron chi connectivity index (χ1n) is 9.30. The molecule has 0 bridgehead atoms. The molecule has 0 radical (unpaired) electrons. The van der Waals surface area contributed by atoms with Gasteiger partial charge < -0.3 is 19.1 Å². The number of fused-ring (bicyclic) bond motifs is 3. The molecule has 0 aliphatic heterocycles. The van der Waals surface area contributed by atoms with E-state index < -0.39 is 12.1 Å². The number of hydrogen-bond donors (Lipinski definition) is 1. The summed E-state index contributed by atoms with van der Waals surface area (Å²) in [5.41, 5.74) is 3.88. The molecule has 1 aliphatic rings. The van der Waals surface area contributed by atoms with Crippen LogP contribution >= 0.6 is 0 Å². The van der Waals surface area contributed by atoms with Gasteiger partial charge in [0, 0.05) is 23.0 Å². The van der Waals surface area contributed by atoms with Crippen molar-refractivity contribution in [2.75, 3.05) is 0 Å². The molecule has 144 valence electrons. The molecule has 4 rings (SSSR count). The fraction of sp³-hybridized carbons (Fsp3) is 0.273. The minimum Gasteiger partial charge on any atom is -0.480 e. The van der Waals surface area contributed by atoms with E-state index in [1.165, 1.54) is 0 Å². The highest BCUT2D eigenvalue weighted by atomic mass is 16.7. The Morgan fingerprint density at radius 2 is 1.82 bits per heavy atom. The highest BCUT2D eigenvalue weighted by Gasteiger charge is 2.28.